The summed E-state index contributed by atoms with van der Waals surface area (Å²) in [6, 6.07) is 1.31. The van der Waals surface area contributed by atoms with Gasteiger partial charge in [-0.2, -0.15) is 13.2 Å². The lowest BCUT2D eigenvalue weighted by atomic mass is 9.98. The van der Waals surface area contributed by atoms with Crippen molar-refractivity contribution in [3.63, 3.8) is 0 Å². The van der Waals surface area contributed by atoms with Gasteiger partial charge in [-0.1, -0.05) is 11.6 Å². The molecule has 2 rings (SSSR count). The Morgan fingerprint density at radius 2 is 2.16 bits per heavy atom. The molecule has 1 aromatic heterocycles. The first kappa shape index (κ1) is 19.3. The number of nitrogens with zero attached hydrogens (tertiary/aromatic N) is 2. The molecule has 1 fully saturated rings. The number of nitrogens with one attached hydrogen (secondary N) is 1. The number of carboxylic acid groups (broad SMARTS) is 1. The number of halogens is 4. The maximum Gasteiger partial charge on any atom is 0.397 e. The molecule has 1 aliphatic rings. The van der Waals surface area contributed by atoms with E-state index >= 15 is 0 Å². The fraction of sp³-hybridized carbons (Fsp3) is 0.533. The number of aromatic nitrogens is 1. The van der Waals surface area contributed by atoms with Crippen molar-refractivity contribution in [1.29, 1.82) is 0 Å². The summed E-state index contributed by atoms with van der Waals surface area (Å²) in [5.74, 6) is -1.79. The molecule has 25 heavy (non-hydrogen) atoms. The van der Waals surface area contributed by atoms with Crippen molar-refractivity contribution in [1.82, 2.24) is 10.3 Å². The number of pyridine rings is 1. The third-order valence-electron chi connectivity index (χ3n) is 3.84. The van der Waals surface area contributed by atoms with Crippen LogP contribution in [-0.4, -0.2) is 47.8 Å². The number of aromatic carboxylic acids is 1. The van der Waals surface area contributed by atoms with Crippen LogP contribution in [0.3, 0.4) is 0 Å². The normalized spacial score (nSPS) is 18.1. The molecule has 1 aliphatic heterocycles. The summed E-state index contributed by atoms with van der Waals surface area (Å²) in [5, 5.41) is 11.4. The number of carbonyl (C=O) groups excluding carboxylic acids is 1. The SMILES string of the molecule is O=C(CC(F)(F)F)NCC1CCCN(c2ncc(C(=O)O)cc2Cl)C1. The van der Waals surface area contributed by atoms with Gasteiger partial charge < -0.3 is 15.3 Å². The first-order valence-corrected chi connectivity index (χ1v) is 8.01. The van der Waals surface area contributed by atoms with Gasteiger partial charge in [0.05, 0.1) is 10.6 Å². The highest BCUT2D eigenvalue weighted by Gasteiger charge is 2.31. The number of piperidine rings is 1. The summed E-state index contributed by atoms with van der Waals surface area (Å²) in [7, 11) is 0. The topological polar surface area (TPSA) is 82.5 Å². The van der Waals surface area contributed by atoms with Crippen LogP contribution in [0.1, 0.15) is 29.6 Å². The molecule has 0 aromatic carbocycles. The highest BCUT2D eigenvalue weighted by atomic mass is 35.5. The Balaban J connectivity index is 1.94. The lowest BCUT2D eigenvalue weighted by Gasteiger charge is -2.34. The number of carboxylic acids is 1. The average Bonchev–Trinajstić information content (AvgIpc) is 2.51. The van der Waals surface area contributed by atoms with Crippen LogP contribution >= 0.6 is 11.6 Å². The first-order valence-electron chi connectivity index (χ1n) is 7.63. The van der Waals surface area contributed by atoms with Crippen LogP contribution in [0.25, 0.3) is 0 Å². The minimum Gasteiger partial charge on any atom is -0.478 e. The maximum atomic E-state index is 12.2. The van der Waals surface area contributed by atoms with Crippen LogP contribution in [-0.2, 0) is 4.79 Å². The van der Waals surface area contributed by atoms with Gasteiger partial charge in [-0.15, -0.1) is 0 Å². The van der Waals surface area contributed by atoms with Gasteiger partial charge in [0.2, 0.25) is 5.91 Å². The predicted octanol–water partition coefficient (Wildman–Crippen LogP) is 2.72. The van der Waals surface area contributed by atoms with Crippen LogP contribution < -0.4 is 10.2 Å². The molecule has 138 valence electrons. The van der Waals surface area contributed by atoms with E-state index in [2.05, 4.69) is 10.3 Å². The van der Waals surface area contributed by atoms with Crippen molar-refractivity contribution in [3.05, 3.63) is 22.8 Å². The van der Waals surface area contributed by atoms with Crippen LogP contribution in [0.15, 0.2) is 12.3 Å². The van der Waals surface area contributed by atoms with Gasteiger partial charge in [0.1, 0.15) is 12.2 Å². The lowest BCUT2D eigenvalue weighted by molar-refractivity contribution is -0.153. The van der Waals surface area contributed by atoms with Gasteiger partial charge in [0, 0.05) is 25.8 Å². The number of carbonyl (C=O) groups is 2. The minimum absolute atomic E-state index is 0.0262. The Kier molecular flexibility index (Phi) is 6.10. The van der Waals surface area contributed by atoms with Crippen molar-refractivity contribution in [2.45, 2.75) is 25.4 Å². The minimum atomic E-state index is -4.52. The van der Waals surface area contributed by atoms with Crippen molar-refractivity contribution in [2.75, 3.05) is 24.5 Å². The third-order valence-corrected chi connectivity index (χ3v) is 4.11. The van der Waals surface area contributed by atoms with Crippen molar-refractivity contribution >= 4 is 29.3 Å². The first-order chi connectivity index (χ1) is 11.7. The number of anilines is 1. The van der Waals surface area contributed by atoms with Crippen LogP contribution in [0, 0.1) is 5.92 Å². The Labute approximate surface area is 147 Å². The summed E-state index contributed by atoms with van der Waals surface area (Å²) < 4.78 is 36.5. The molecule has 0 bridgehead atoms. The van der Waals surface area contributed by atoms with Gasteiger partial charge in [-0.25, -0.2) is 9.78 Å². The summed E-state index contributed by atoms with van der Waals surface area (Å²) in [6.45, 7) is 1.24. The molecule has 1 aromatic rings. The van der Waals surface area contributed by atoms with Gasteiger partial charge in [-0.05, 0) is 24.8 Å². The monoisotopic (exact) mass is 379 g/mol. The molecule has 2 heterocycles. The van der Waals surface area contributed by atoms with Crippen molar-refractivity contribution in [3.8, 4) is 0 Å². The summed E-state index contributed by atoms with van der Waals surface area (Å²) in [5.41, 5.74) is -0.0262. The van der Waals surface area contributed by atoms with Crippen molar-refractivity contribution in [2.24, 2.45) is 5.92 Å². The van der Waals surface area contributed by atoms with E-state index in [1.807, 2.05) is 4.90 Å². The van der Waals surface area contributed by atoms with E-state index in [4.69, 9.17) is 16.7 Å². The summed E-state index contributed by atoms with van der Waals surface area (Å²) in [4.78, 5) is 28.1. The van der Waals surface area contributed by atoms with E-state index in [9.17, 15) is 22.8 Å². The molecule has 6 nitrogen and oxygen atoms in total. The number of amides is 1. The quantitative estimate of drug-likeness (QED) is 0.822. The van der Waals surface area contributed by atoms with E-state index < -0.39 is 24.5 Å². The standard InChI is InChI=1S/C15H17ClF3N3O3/c16-11-4-10(14(24)25)7-21-13(11)22-3-1-2-9(8-22)6-20-12(23)5-15(17,18)19/h4,7,9H,1-3,5-6,8H2,(H,20,23)(H,24,25). The lowest BCUT2D eigenvalue weighted by Crippen LogP contribution is -2.42. The Morgan fingerprint density at radius 3 is 2.76 bits per heavy atom. The van der Waals surface area contributed by atoms with E-state index in [1.165, 1.54) is 12.3 Å². The van der Waals surface area contributed by atoms with E-state index in [1.54, 1.807) is 0 Å². The molecule has 1 amide bonds. The Morgan fingerprint density at radius 1 is 1.44 bits per heavy atom. The highest BCUT2D eigenvalue weighted by Crippen LogP contribution is 2.28. The van der Waals surface area contributed by atoms with E-state index in [0.29, 0.717) is 18.9 Å². The Bertz CT molecular complexity index is 655. The zero-order valence-electron chi connectivity index (χ0n) is 13.1. The van der Waals surface area contributed by atoms with Crippen LogP contribution in [0.4, 0.5) is 19.0 Å². The molecule has 2 N–H and O–H groups in total. The molecular weight excluding hydrogens is 363 g/mol. The predicted molar refractivity (Wildman–Crippen MR) is 84.8 cm³/mol. The van der Waals surface area contributed by atoms with Gasteiger partial charge in [0.15, 0.2) is 0 Å². The summed E-state index contributed by atoms with van der Waals surface area (Å²) >= 11 is 6.09. The third kappa shape index (κ3) is 5.77. The van der Waals surface area contributed by atoms with E-state index in [-0.39, 0.29) is 23.0 Å². The number of alkyl halides is 3. The maximum absolute atomic E-state index is 12.2. The molecule has 0 aliphatic carbocycles. The fourth-order valence-corrected chi connectivity index (χ4v) is 2.99. The fourth-order valence-electron chi connectivity index (χ4n) is 2.71. The number of hydrogen-bond acceptors (Lipinski definition) is 4. The molecule has 1 atom stereocenters. The second kappa shape index (κ2) is 7.90. The molecule has 0 spiro atoms. The summed E-state index contributed by atoms with van der Waals surface area (Å²) in [6.07, 6.45) is -3.29. The molecule has 1 unspecified atom stereocenters. The van der Waals surface area contributed by atoms with Gasteiger partial charge in [0.25, 0.3) is 0 Å². The molecule has 0 radical (unpaired) electrons. The van der Waals surface area contributed by atoms with E-state index in [0.717, 1.165) is 12.8 Å². The van der Waals surface area contributed by atoms with Gasteiger partial charge in [-0.3, -0.25) is 4.79 Å². The van der Waals surface area contributed by atoms with Crippen molar-refractivity contribution < 1.29 is 27.9 Å². The van der Waals surface area contributed by atoms with Crippen LogP contribution in [0.2, 0.25) is 5.02 Å². The number of hydrogen-bond donors (Lipinski definition) is 2. The molecule has 1 saturated heterocycles. The molecular formula is C15H17ClF3N3O3. The average molecular weight is 380 g/mol. The number of rotatable bonds is 5. The second-order valence-corrected chi connectivity index (χ2v) is 6.29. The second-order valence-electron chi connectivity index (χ2n) is 5.88. The molecule has 0 saturated carbocycles. The molecule has 10 heteroatoms. The highest BCUT2D eigenvalue weighted by molar-refractivity contribution is 6.33. The zero-order valence-corrected chi connectivity index (χ0v) is 13.9. The van der Waals surface area contributed by atoms with Crippen LogP contribution in [0.5, 0.6) is 0 Å². The Hall–Kier alpha value is -2.03. The largest absolute Gasteiger partial charge is 0.478 e. The zero-order chi connectivity index (χ0) is 18.6. The smallest absolute Gasteiger partial charge is 0.397 e. The van der Waals surface area contributed by atoms with Gasteiger partial charge >= 0.3 is 12.1 Å².